The van der Waals surface area contributed by atoms with E-state index in [1.807, 2.05) is 24.3 Å². The zero-order valence-corrected chi connectivity index (χ0v) is 17.2. The molecule has 0 atom stereocenters. The average Bonchev–Trinajstić information content (AvgIpc) is 2.71. The van der Waals surface area contributed by atoms with Crippen LogP contribution in [0.15, 0.2) is 47.5 Å². The van der Waals surface area contributed by atoms with Gasteiger partial charge in [0, 0.05) is 38.3 Å². The second-order valence-electron chi connectivity index (χ2n) is 6.33. The second-order valence-corrected chi connectivity index (χ2v) is 6.33. The Morgan fingerprint density at radius 2 is 1.87 bits per heavy atom. The highest BCUT2D eigenvalue weighted by molar-refractivity contribution is 5.88. The fraction of sp³-hybridized carbons (Fsp3) is 0.333. The first-order valence-electron chi connectivity index (χ1n) is 9.34. The first-order chi connectivity index (χ1) is 14.4. The Balaban J connectivity index is 1.88. The Morgan fingerprint density at radius 3 is 2.47 bits per heavy atom. The van der Waals surface area contributed by atoms with Crippen LogP contribution in [0.4, 0.5) is 14.5 Å². The van der Waals surface area contributed by atoms with E-state index in [0.717, 1.165) is 17.7 Å². The predicted molar refractivity (Wildman–Crippen MR) is 112 cm³/mol. The number of alkyl halides is 2. The van der Waals surface area contributed by atoms with Crippen LogP contribution in [0.2, 0.25) is 0 Å². The maximum absolute atomic E-state index is 12.6. The molecule has 30 heavy (non-hydrogen) atoms. The molecule has 162 valence electrons. The molecule has 2 aromatic carbocycles. The van der Waals surface area contributed by atoms with E-state index >= 15 is 0 Å². The van der Waals surface area contributed by atoms with Crippen molar-refractivity contribution in [3.8, 4) is 11.5 Å². The van der Waals surface area contributed by atoms with E-state index in [1.54, 1.807) is 19.2 Å². The van der Waals surface area contributed by atoms with Crippen LogP contribution in [-0.4, -0.2) is 39.2 Å². The molecule has 0 aromatic heterocycles. The van der Waals surface area contributed by atoms with Gasteiger partial charge in [0.2, 0.25) is 5.91 Å². The van der Waals surface area contributed by atoms with Crippen molar-refractivity contribution in [2.24, 2.45) is 4.99 Å². The number of guanidine groups is 1. The molecule has 0 heterocycles. The molecule has 1 amide bonds. The van der Waals surface area contributed by atoms with Gasteiger partial charge in [-0.05, 0) is 42.3 Å². The number of halogens is 2. The van der Waals surface area contributed by atoms with E-state index in [0.29, 0.717) is 23.8 Å². The SMILES string of the molecule is CN=C(NCCc1ccc(NC(C)=O)cc1)NCc1cc(OC)ccc1OC(F)F. The van der Waals surface area contributed by atoms with Gasteiger partial charge < -0.3 is 25.4 Å². The van der Waals surface area contributed by atoms with Gasteiger partial charge in [-0.25, -0.2) is 0 Å². The third-order valence-electron chi connectivity index (χ3n) is 4.13. The number of rotatable bonds is 9. The first kappa shape index (κ1) is 22.9. The molecule has 2 aromatic rings. The number of carbonyl (C=O) groups excluding carboxylic acids is 1. The monoisotopic (exact) mass is 420 g/mol. The molecular weight excluding hydrogens is 394 g/mol. The zero-order valence-electron chi connectivity index (χ0n) is 17.2. The molecule has 3 N–H and O–H groups in total. The number of amides is 1. The van der Waals surface area contributed by atoms with E-state index in [9.17, 15) is 13.6 Å². The fourth-order valence-corrected chi connectivity index (χ4v) is 2.71. The first-order valence-corrected chi connectivity index (χ1v) is 9.34. The summed E-state index contributed by atoms with van der Waals surface area (Å²) in [4.78, 5) is 15.2. The fourth-order valence-electron chi connectivity index (χ4n) is 2.71. The van der Waals surface area contributed by atoms with Crippen LogP contribution >= 0.6 is 0 Å². The Bertz CT molecular complexity index is 858. The van der Waals surface area contributed by atoms with Crippen LogP contribution in [0.25, 0.3) is 0 Å². The van der Waals surface area contributed by atoms with E-state index in [4.69, 9.17) is 4.74 Å². The van der Waals surface area contributed by atoms with E-state index in [1.165, 1.54) is 20.1 Å². The van der Waals surface area contributed by atoms with Crippen molar-refractivity contribution < 1.29 is 23.0 Å². The Hall–Kier alpha value is -3.36. The van der Waals surface area contributed by atoms with Gasteiger partial charge in [0.15, 0.2) is 5.96 Å². The van der Waals surface area contributed by atoms with Crippen LogP contribution in [0, 0.1) is 0 Å². The van der Waals surface area contributed by atoms with Gasteiger partial charge in [-0.3, -0.25) is 9.79 Å². The number of aliphatic imine (C=N–C) groups is 1. The minimum Gasteiger partial charge on any atom is -0.497 e. The predicted octanol–water partition coefficient (Wildman–Crippen LogP) is 3.16. The number of hydrogen-bond acceptors (Lipinski definition) is 4. The maximum atomic E-state index is 12.6. The van der Waals surface area contributed by atoms with E-state index in [-0.39, 0.29) is 18.2 Å². The Labute approximate surface area is 174 Å². The summed E-state index contributed by atoms with van der Waals surface area (Å²) in [6.07, 6.45) is 0.736. The highest BCUT2D eigenvalue weighted by Gasteiger charge is 2.11. The Kier molecular flexibility index (Phi) is 8.86. The highest BCUT2D eigenvalue weighted by atomic mass is 19.3. The summed E-state index contributed by atoms with van der Waals surface area (Å²) < 4.78 is 35.0. The largest absolute Gasteiger partial charge is 0.497 e. The number of hydrogen-bond donors (Lipinski definition) is 3. The zero-order chi connectivity index (χ0) is 21.9. The van der Waals surface area contributed by atoms with Crippen LogP contribution in [-0.2, 0) is 17.8 Å². The van der Waals surface area contributed by atoms with Gasteiger partial charge in [0.1, 0.15) is 11.5 Å². The lowest BCUT2D eigenvalue weighted by molar-refractivity contribution is -0.114. The molecule has 0 unspecified atom stereocenters. The van der Waals surface area contributed by atoms with Gasteiger partial charge in [-0.15, -0.1) is 0 Å². The summed E-state index contributed by atoms with van der Waals surface area (Å²) in [7, 11) is 3.13. The minimum atomic E-state index is -2.91. The van der Waals surface area contributed by atoms with Crippen LogP contribution in [0.3, 0.4) is 0 Å². The normalized spacial score (nSPS) is 11.2. The van der Waals surface area contributed by atoms with Gasteiger partial charge in [-0.2, -0.15) is 8.78 Å². The molecule has 7 nitrogen and oxygen atoms in total. The van der Waals surface area contributed by atoms with Crippen molar-refractivity contribution in [3.63, 3.8) is 0 Å². The van der Waals surface area contributed by atoms with Crippen molar-refractivity contribution in [3.05, 3.63) is 53.6 Å². The topological polar surface area (TPSA) is 84.0 Å². The number of carbonyl (C=O) groups is 1. The number of methoxy groups -OCH3 is 1. The summed E-state index contributed by atoms with van der Waals surface area (Å²) in [5.74, 6) is 1.03. The quantitative estimate of drug-likeness (QED) is 0.429. The van der Waals surface area contributed by atoms with Crippen molar-refractivity contribution >= 4 is 17.6 Å². The number of nitrogens with one attached hydrogen (secondary N) is 3. The van der Waals surface area contributed by atoms with Crippen molar-refractivity contribution in [2.45, 2.75) is 26.5 Å². The minimum absolute atomic E-state index is 0.0769. The molecule has 2 rings (SSSR count). The van der Waals surface area contributed by atoms with Gasteiger partial charge in [0.05, 0.1) is 7.11 Å². The molecule has 9 heteroatoms. The lowest BCUT2D eigenvalue weighted by Gasteiger charge is -2.15. The van der Waals surface area contributed by atoms with Crippen molar-refractivity contribution in [1.82, 2.24) is 10.6 Å². The smallest absolute Gasteiger partial charge is 0.387 e. The van der Waals surface area contributed by atoms with Crippen molar-refractivity contribution in [2.75, 3.05) is 26.0 Å². The molecule has 0 saturated heterocycles. The summed E-state index contributed by atoms with van der Waals surface area (Å²) in [6, 6.07) is 12.2. The lowest BCUT2D eigenvalue weighted by atomic mass is 10.1. The second kappa shape index (κ2) is 11.6. The van der Waals surface area contributed by atoms with Crippen LogP contribution in [0.1, 0.15) is 18.1 Å². The molecule has 0 aliphatic rings. The highest BCUT2D eigenvalue weighted by Crippen LogP contribution is 2.25. The molecule has 0 radical (unpaired) electrons. The summed E-state index contributed by atoms with van der Waals surface area (Å²) in [6.45, 7) is -0.612. The molecule has 0 aliphatic carbocycles. The van der Waals surface area contributed by atoms with Crippen LogP contribution < -0.4 is 25.4 Å². The van der Waals surface area contributed by atoms with Gasteiger partial charge in [-0.1, -0.05) is 12.1 Å². The summed E-state index contributed by atoms with van der Waals surface area (Å²) in [5, 5.41) is 8.97. The summed E-state index contributed by atoms with van der Waals surface area (Å²) in [5.41, 5.74) is 2.36. The average molecular weight is 420 g/mol. The van der Waals surface area contributed by atoms with Crippen molar-refractivity contribution in [1.29, 1.82) is 0 Å². The molecule has 0 aliphatic heterocycles. The van der Waals surface area contributed by atoms with E-state index in [2.05, 4.69) is 25.7 Å². The molecule has 0 spiro atoms. The summed E-state index contributed by atoms with van der Waals surface area (Å²) >= 11 is 0. The van der Waals surface area contributed by atoms with Gasteiger partial charge >= 0.3 is 6.61 Å². The third-order valence-corrected chi connectivity index (χ3v) is 4.13. The lowest BCUT2D eigenvalue weighted by Crippen LogP contribution is -2.38. The number of nitrogens with zero attached hydrogens (tertiary/aromatic N) is 1. The molecular formula is C21H26F2N4O3. The van der Waals surface area contributed by atoms with E-state index < -0.39 is 6.61 Å². The number of anilines is 1. The maximum Gasteiger partial charge on any atom is 0.387 e. The Morgan fingerprint density at radius 1 is 1.13 bits per heavy atom. The molecule has 0 saturated carbocycles. The molecule has 0 bridgehead atoms. The standard InChI is InChI=1S/C21H26F2N4O3/c1-14(28)27-17-6-4-15(5-7-17)10-11-25-21(24-2)26-13-16-12-18(29-3)8-9-19(16)30-20(22)23/h4-9,12,20H,10-11,13H2,1-3H3,(H,27,28)(H2,24,25,26). The number of benzene rings is 2. The van der Waals surface area contributed by atoms with Gasteiger partial charge in [0.25, 0.3) is 0 Å². The number of ether oxygens (including phenoxy) is 2. The molecule has 0 fully saturated rings. The van der Waals surface area contributed by atoms with Crippen LogP contribution in [0.5, 0.6) is 11.5 Å². The third kappa shape index (κ3) is 7.57.